The molecular weight excluding hydrogens is 280 g/mol. The van der Waals surface area contributed by atoms with Gasteiger partial charge in [0.25, 0.3) is 0 Å². The van der Waals surface area contributed by atoms with E-state index < -0.39 is 17.7 Å². The first-order chi connectivity index (χ1) is 9.56. The van der Waals surface area contributed by atoms with Crippen molar-refractivity contribution in [3.05, 3.63) is 63.9 Å². The molecular formula is C15H13F2NOS. The smallest absolute Gasteiger partial charge is 0.244 e. The SMILES string of the molecule is C[C@@H](NC(=O)/C=C/c1cccs1)c1ccc(F)cc1F. The molecule has 0 aliphatic carbocycles. The Balaban J connectivity index is 2.00. The Hall–Kier alpha value is -2.01. The van der Waals surface area contributed by atoms with Crippen molar-refractivity contribution in [1.82, 2.24) is 5.32 Å². The Morgan fingerprint density at radius 3 is 2.80 bits per heavy atom. The van der Waals surface area contributed by atoms with Crippen molar-refractivity contribution >= 4 is 23.3 Å². The van der Waals surface area contributed by atoms with Gasteiger partial charge in [-0.15, -0.1) is 11.3 Å². The molecule has 0 bridgehead atoms. The second kappa shape index (κ2) is 6.43. The third-order valence-electron chi connectivity index (χ3n) is 2.73. The number of carbonyl (C=O) groups excluding carboxylic acids is 1. The highest BCUT2D eigenvalue weighted by atomic mass is 32.1. The number of nitrogens with one attached hydrogen (secondary N) is 1. The maximum atomic E-state index is 13.6. The van der Waals surface area contributed by atoms with Crippen LogP contribution in [0.5, 0.6) is 0 Å². The molecule has 2 nitrogen and oxygen atoms in total. The molecule has 0 fully saturated rings. The van der Waals surface area contributed by atoms with E-state index in [2.05, 4.69) is 5.32 Å². The molecule has 1 N–H and O–H groups in total. The lowest BCUT2D eigenvalue weighted by atomic mass is 10.1. The van der Waals surface area contributed by atoms with Gasteiger partial charge in [0.05, 0.1) is 6.04 Å². The average molecular weight is 293 g/mol. The van der Waals surface area contributed by atoms with Crippen LogP contribution in [0.3, 0.4) is 0 Å². The average Bonchev–Trinajstić information content (AvgIpc) is 2.89. The third-order valence-corrected chi connectivity index (χ3v) is 3.57. The standard InChI is InChI=1S/C15H13F2NOS/c1-10(13-6-4-11(16)9-14(13)17)18-15(19)7-5-12-3-2-8-20-12/h2-10H,1H3,(H,18,19)/b7-5+/t10-/m1/s1. The van der Waals surface area contributed by atoms with E-state index in [1.165, 1.54) is 29.5 Å². The summed E-state index contributed by atoms with van der Waals surface area (Å²) < 4.78 is 26.4. The van der Waals surface area contributed by atoms with Gasteiger partial charge in [0.2, 0.25) is 5.91 Å². The fourth-order valence-electron chi connectivity index (χ4n) is 1.74. The van der Waals surface area contributed by atoms with Crippen molar-refractivity contribution in [2.75, 3.05) is 0 Å². The monoisotopic (exact) mass is 293 g/mol. The van der Waals surface area contributed by atoms with Crippen LogP contribution in [0.25, 0.3) is 6.08 Å². The second-order valence-corrected chi connectivity index (χ2v) is 5.22. The van der Waals surface area contributed by atoms with E-state index in [1.54, 1.807) is 13.0 Å². The molecule has 1 atom stereocenters. The highest BCUT2D eigenvalue weighted by Crippen LogP contribution is 2.17. The van der Waals surface area contributed by atoms with Gasteiger partial charge in [0.15, 0.2) is 0 Å². The normalized spacial score (nSPS) is 12.6. The van der Waals surface area contributed by atoms with Gasteiger partial charge in [-0.05, 0) is 30.5 Å². The maximum absolute atomic E-state index is 13.6. The number of thiophene rings is 1. The highest BCUT2D eigenvalue weighted by molar-refractivity contribution is 7.10. The lowest BCUT2D eigenvalue weighted by molar-refractivity contribution is -0.117. The minimum atomic E-state index is -0.667. The summed E-state index contributed by atoms with van der Waals surface area (Å²) in [6, 6.07) is 6.55. The predicted octanol–water partition coefficient (Wildman–Crippen LogP) is 3.92. The molecule has 0 aliphatic heterocycles. The molecule has 0 radical (unpaired) electrons. The Labute approximate surface area is 119 Å². The van der Waals surface area contributed by atoms with Crippen molar-refractivity contribution in [2.24, 2.45) is 0 Å². The molecule has 5 heteroatoms. The quantitative estimate of drug-likeness (QED) is 0.851. The van der Waals surface area contributed by atoms with Gasteiger partial charge in [-0.3, -0.25) is 4.79 Å². The highest BCUT2D eigenvalue weighted by Gasteiger charge is 2.12. The molecule has 0 spiro atoms. The van der Waals surface area contributed by atoms with E-state index in [9.17, 15) is 13.6 Å². The Kier molecular flexibility index (Phi) is 4.63. The number of rotatable bonds is 4. The summed E-state index contributed by atoms with van der Waals surface area (Å²) in [5.74, 6) is -1.63. The van der Waals surface area contributed by atoms with Gasteiger partial charge in [-0.2, -0.15) is 0 Å². The van der Waals surface area contributed by atoms with Crippen LogP contribution in [-0.2, 0) is 4.79 Å². The molecule has 2 aromatic rings. The molecule has 0 saturated heterocycles. The van der Waals surface area contributed by atoms with Gasteiger partial charge in [-0.1, -0.05) is 12.1 Å². The number of halogens is 2. The van der Waals surface area contributed by atoms with Gasteiger partial charge in [0, 0.05) is 22.6 Å². The minimum Gasteiger partial charge on any atom is -0.346 e. The van der Waals surface area contributed by atoms with Crippen molar-refractivity contribution in [1.29, 1.82) is 0 Å². The zero-order valence-corrected chi connectivity index (χ0v) is 11.6. The van der Waals surface area contributed by atoms with Crippen molar-refractivity contribution in [3.63, 3.8) is 0 Å². The van der Waals surface area contributed by atoms with Gasteiger partial charge < -0.3 is 5.32 Å². The predicted molar refractivity (Wildman–Crippen MR) is 76.3 cm³/mol. The van der Waals surface area contributed by atoms with Gasteiger partial charge in [-0.25, -0.2) is 8.78 Å². The molecule has 0 saturated carbocycles. The zero-order chi connectivity index (χ0) is 14.5. The summed E-state index contributed by atoms with van der Waals surface area (Å²) in [6.45, 7) is 1.65. The summed E-state index contributed by atoms with van der Waals surface area (Å²) >= 11 is 1.52. The van der Waals surface area contributed by atoms with Crippen LogP contribution in [0.1, 0.15) is 23.4 Å². The molecule has 1 heterocycles. The number of amides is 1. The van der Waals surface area contributed by atoms with Crippen molar-refractivity contribution in [2.45, 2.75) is 13.0 Å². The van der Waals surface area contributed by atoms with Crippen molar-refractivity contribution in [3.8, 4) is 0 Å². The summed E-state index contributed by atoms with van der Waals surface area (Å²) in [6.07, 6.45) is 3.08. The molecule has 0 aliphatic rings. The van der Waals surface area contributed by atoms with E-state index >= 15 is 0 Å². The molecule has 1 aromatic carbocycles. The lowest BCUT2D eigenvalue weighted by Crippen LogP contribution is -2.25. The number of hydrogen-bond donors (Lipinski definition) is 1. The van der Waals surface area contributed by atoms with E-state index in [0.717, 1.165) is 10.9 Å². The molecule has 2 rings (SSSR count). The number of carbonyl (C=O) groups is 1. The minimum absolute atomic E-state index is 0.254. The second-order valence-electron chi connectivity index (χ2n) is 4.24. The van der Waals surface area contributed by atoms with Crippen LogP contribution in [0.15, 0.2) is 41.8 Å². The first-order valence-corrected chi connectivity index (χ1v) is 6.91. The van der Waals surface area contributed by atoms with E-state index in [-0.39, 0.29) is 11.5 Å². The number of benzene rings is 1. The molecule has 104 valence electrons. The Morgan fingerprint density at radius 1 is 1.35 bits per heavy atom. The van der Waals surface area contributed by atoms with Gasteiger partial charge >= 0.3 is 0 Å². The topological polar surface area (TPSA) is 29.1 Å². The van der Waals surface area contributed by atoms with Crippen LogP contribution in [0, 0.1) is 11.6 Å². The summed E-state index contributed by atoms with van der Waals surface area (Å²) in [7, 11) is 0. The summed E-state index contributed by atoms with van der Waals surface area (Å²) in [4.78, 5) is 12.7. The molecule has 1 aromatic heterocycles. The zero-order valence-electron chi connectivity index (χ0n) is 10.8. The first kappa shape index (κ1) is 14.4. The van der Waals surface area contributed by atoms with E-state index in [0.29, 0.717) is 0 Å². The molecule has 1 amide bonds. The molecule has 0 unspecified atom stereocenters. The summed E-state index contributed by atoms with van der Waals surface area (Å²) in [5, 5.41) is 4.55. The van der Waals surface area contributed by atoms with Crippen LogP contribution in [0.4, 0.5) is 8.78 Å². The van der Waals surface area contributed by atoms with Crippen LogP contribution < -0.4 is 5.32 Å². The Bertz CT molecular complexity index is 623. The van der Waals surface area contributed by atoms with Crippen LogP contribution in [0.2, 0.25) is 0 Å². The Morgan fingerprint density at radius 2 is 2.15 bits per heavy atom. The largest absolute Gasteiger partial charge is 0.346 e. The van der Waals surface area contributed by atoms with E-state index in [1.807, 2.05) is 17.5 Å². The van der Waals surface area contributed by atoms with Gasteiger partial charge in [0.1, 0.15) is 11.6 Å². The fourth-order valence-corrected chi connectivity index (χ4v) is 2.35. The van der Waals surface area contributed by atoms with Crippen LogP contribution in [-0.4, -0.2) is 5.91 Å². The third kappa shape index (κ3) is 3.74. The fraction of sp³-hybridized carbons (Fsp3) is 0.133. The number of hydrogen-bond acceptors (Lipinski definition) is 2. The van der Waals surface area contributed by atoms with Crippen LogP contribution >= 0.6 is 11.3 Å². The maximum Gasteiger partial charge on any atom is 0.244 e. The lowest BCUT2D eigenvalue weighted by Gasteiger charge is -2.13. The van der Waals surface area contributed by atoms with Crippen molar-refractivity contribution < 1.29 is 13.6 Å². The molecule has 20 heavy (non-hydrogen) atoms. The van der Waals surface area contributed by atoms with E-state index in [4.69, 9.17) is 0 Å². The first-order valence-electron chi connectivity index (χ1n) is 6.03. The summed E-state index contributed by atoms with van der Waals surface area (Å²) in [5.41, 5.74) is 0.254.